The van der Waals surface area contributed by atoms with E-state index in [-0.39, 0.29) is 34.6 Å². The molecule has 0 bridgehead atoms. The molecule has 2 aliphatic heterocycles. The molecule has 0 N–H and O–H groups in total. The molecule has 0 amide bonds. The van der Waals surface area contributed by atoms with E-state index < -0.39 is 5.79 Å². The molecule has 6 aliphatic rings. The van der Waals surface area contributed by atoms with Crippen molar-refractivity contribution in [3.05, 3.63) is 11.6 Å². The number of carbonyl (C=O) groups excluding carboxylic acids is 1. The molecule has 0 aromatic carbocycles. The van der Waals surface area contributed by atoms with Crippen LogP contribution in [0.15, 0.2) is 11.6 Å². The molecule has 0 aromatic rings. The van der Waals surface area contributed by atoms with Crippen LogP contribution >= 0.6 is 0 Å². The Hall–Kier alpha value is -0.910. The largest absolute Gasteiger partial charge is 0.462 e. The van der Waals surface area contributed by atoms with Crippen molar-refractivity contribution in [1.82, 2.24) is 0 Å². The van der Waals surface area contributed by atoms with Crippen molar-refractivity contribution < 1.29 is 23.7 Å². The molecule has 5 nitrogen and oxygen atoms in total. The number of allylic oxidation sites excluding steroid dienone is 1. The highest BCUT2D eigenvalue weighted by Gasteiger charge is 2.84. The van der Waals surface area contributed by atoms with Gasteiger partial charge in [0, 0.05) is 18.8 Å². The molecule has 5 fully saturated rings. The van der Waals surface area contributed by atoms with E-state index in [0.717, 1.165) is 38.0 Å². The minimum atomic E-state index is -0.588. The molecule has 2 heterocycles. The maximum Gasteiger partial charge on any atom is 0.302 e. The summed E-state index contributed by atoms with van der Waals surface area (Å²) < 4.78 is 24.4. The van der Waals surface area contributed by atoms with Gasteiger partial charge >= 0.3 is 5.97 Å². The normalized spacial score (nSPS) is 53.1. The molecule has 3 saturated carbocycles. The summed E-state index contributed by atoms with van der Waals surface area (Å²) in [6, 6.07) is 0. The average molecular weight is 417 g/mol. The van der Waals surface area contributed by atoms with Gasteiger partial charge in [-0.3, -0.25) is 4.79 Å². The van der Waals surface area contributed by atoms with Crippen LogP contribution < -0.4 is 0 Å². The zero-order chi connectivity index (χ0) is 20.9. The molecule has 5 heteroatoms. The van der Waals surface area contributed by atoms with Crippen LogP contribution in [0.25, 0.3) is 0 Å². The first-order chi connectivity index (χ1) is 14.2. The number of ether oxygens (including phenoxy) is 4. The van der Waals surface area contributed by atoms with Crippen molar-refractivity contribution in [2.24, 2.45) is 28.6 Å². The van der Waals surface area contributed by atoms with E-state index in [1.54, 1.807) is 5.57 Å². The molecule has 30 heavy (non-hydrogen) atoms. The Morgan fingerprint density at radius 1 is 1.10 bits per heavy atom. The summed E-state index contributed by atoms with van der Waals surface area (Å²) in [7, 11) is 0. The van der Waals surface area contributed by atoms with Crippen molar-refractivity contribution in [3.63, 3.8) is 0 Å². The Labute approximate surface area is 179 Å². The van der Waals surface area contributed by atoms with Gasteiger partial charge in [-0.1, -0.05) is 25.5 Å². The van der Waals surface area contributed by atoms with Crippen molar-refractivity contribution in [2.75, 3.05) is 13.2 Å². The zero-order valence-electron chi connectivity index (χ0n) is 18.9. The third-order valence-electron chi connectivity index (χ3n) is 10.3. The SMILES string of the molecule is CC(=O)OC1CCC2(C)C(=CCC3C2CCC2(C)C3CC3OC32C2(C)OCCO2)C1. The highest BCUT2D eigenvalue weighted by atomic mass is 16.8. The van der Waals surface area contributed by atoms with E-state index >= 15 is 0 Å². The van der Waals surface area contributed by atoms with Crippen molar-refractivity contribution >= 4 is 5.97 Å². The minimum Gasteiger partial charge on any atom is -0.462 e. The number of carbonyl (C=O) groups is 1. The van der Waals surface area contributed by atoms with Gasteiger partial charge in [-0.2, -0.15) is 0 Å². The van der Waals surface area contributed by atoms with Gasteiger partial charge in [0.25, 0.3) is 0 Å². The van der Waals surface area contributed by atoms with Crippen LogP contribution in [-0.2, 0) is 23.7 Å². The molecule has 8 atom stereocenters. The summed E-state index contributed by atoms with van der Waals surface area (Å²) in [5.74, 6) is 1.37. The quantitative estimate of drug-likeness (QED) is 0.380. The van der Waals surface area contributed by atoms with Gasteiger partial charge in [0.05, 0.1) is 19.3 Å². The average Bonchev–Trinajstić information content (AvgIpc) is 3.18. The Kier molecular flexibility index (Phi) is 4.02. The van der Waals surface area contributed by atoms with Gasteiger partial charge in [0.1, 0.15) is 6.10 Å². The second-order valence-electron chi connectivity index (χ2n) is 11.4. The number of epoxide rings is 1. The van der Waals surface area contributed by atoms with E-state index in [9.17, 15) is 4.79 Å². The van der Waals surface area contributed by atoms with Crippen molar-refractivity contribution in [3.8, 4) is 0 Å². The monoisotopic (exact) mass is 416 g/mol. The van der Waals surface area contributed by atoms with E-state index in [1.165, 1.54) is 19.8 Å². The van der Waals surface area contributed by atoms with Crippen LogP contribution in [0.4, 0.5) is 0 Å². The predicted molar refractivity (Wildman–Crippen MR) is 111 cm³/mol. The first-order valence-corrected chi connectivity index (χ1v) is 12.1. The fraction of sp³-hybridized carbons (Fsp3) is 0.880. The van der Waals surface area contributed by atoms with Crippen LogP contribution in [-0.4, -0.2) is 42.8 Å². The fourth-order valence-electron chi connectivity index (χ4n) is 8.96. The van der Waals surface area contributed by atoms with Crippen LogP contribution in [0.3, 0.4) is 0 Å². The number of hydrogen-bond acceptors (Lipinski definition) is 5. The summed E-state index contributed by atoms with van der Waals surface area (Å²) in [4.78, 5) is 11.5. The van der Waals surface area contributed by atoms with Gasteiger partial charge < -0.3 is 18.9 Å². The van der Waals surface area contributed by atoms with Gasteiger partial charge in [-0.25, -0.2) is 0 Å². The second-order valence-corrected chi connectivity index (χ2v) is 11.4. The van der Waals surface area contributed by atoms with Crippen LogP contribution in [0.5, 0.6) is 0 Å². The molecule has 0 radical (unpaired) electrons. The minimum absolute atomic E-state index is 0.0691. The number of fused-ring (bicyclic) bond motifs is 7. The lowest BCUT2D eigenvalue weighted by molar-refractivity contribution is -0.234. The Morgan fingerprint density at radius 3 is 2.60 bits per heavy atom. The van der Waals surface area contributed by atoms with Crippen LogP contribution in [0.2, 0.25) is 0 Å². The molecule has 2 saturated heterocycles. The lowest BCUT2D eigenvalue weighted by Gasteiger charge is -2.59. The second kappa shape index (κ2) is 6.11. The summed E-state index contributed by atoms with van der Waals surface area (Å²) in [6.07, 6.45) is 10.7. The first-order valence-electron chi connectivity index (χ1n) is 12.1. The Balaban J connectivity index is 1.29. The summed E-state index contributed by atoms with van der Waals surface area (Å²) in [6.45, 7) is 9.97. The molecule has 6 rings (SSSR count). The lowest BCUT2D eigenvalue weighted by Crippen LogP contribution is -2.59. The highest BCUT2D eigenvalue weighted by molar-refractivity contribution is 5.66. The third kappa shape index (κ3) is 2.27. The maximum absolute atomic E-state index is 11.5. The van der Waals surface area contributed by atoms with E-state index in [0.29, 0.717) is 25.0 Å². The topological polar surface area (TPSA) is 57.3 Å². The van der Waals surface area contributed by atoms with Crippen LogP contribution in [0, 0.1) is 28.6 Å². The van der Waals surface area contributed by atoms with E-state index in [2.05, 4.69) is 26.8 Å². The Bertz CT molecular complexity index is 799. The molecule has 0 spiro atoms. The molecule has 166 valence electrons. The third-order valence-corrected chi connectivity index (χ3v) is 10.3. The van der Waals surface area contributed by atoms with Crippen LogP contribution in [0.1, 0.15) is 72.6 Å². The predicted octanol–water partition coefficient (Wildman–Crippen LogP) is 4.39. The summed E-state index contributed by atoms with van der Waals surface area (Å²) in [5, 5.41) is 0. The fourth-order valence-corrected chi connectivity index (χ4v) is 8.96. The van der Waals surface area contributed by atoms with E-state index in [4.69, 9.17) is 18.9 Å². The molecular formula is C25H36O5. The maximum atomic E-state index is 11.5. The van der Waals surface area contributed by atoms with Crippen molar-refractivity contribution in [1.29, 1.82) is 0 Å². The first kappa shape index (κ1) is 19.8. The summed E-state index contributed by atoms with van der Waals surface area (Å²) in [5.41, 5.74) is 1.67. The van der Waals surface area contributed by atoms with E-state index in [1.807, 2.05) is 0 Å². The highest BCUT2D eigenvalue weighted by Crippen LogP contribution is 2.76. The smallest absolute Gasteiger partial charge is 0.302 e. The standard InChI is InChI=1S/C25H36O5/c1-15(26)29-17-7-9-22(2)16(13-17)5-6-18-19(22)8-10-23(3)20(18)14-21-25(23,30-21)24(4)27-11-12-28-24/h5,17-21H,6-14H2,1-4H3. The number of esters is 1. The van der Waals surface area contributed by atoms with Crippen molar-refractivity contribution in [2.45, 2.75) is 96.2 Å². The molecule has 8 unspecified atom stereocenters. The van der Waals surface area contributed by atoms with Gasteiger partial charge in [0.15, 0.2) is 11.4 Å². The lowest BCUT2D eigenvalue weighted by atomic mass is 9.46. The summed E-state index contributed by atoms with van der Waals surface area (Å²) >= 11 is 0. The van der Waals surface area contributed by atoms with Gasteiger partial charge in [-0.05, 0) is 68.6 Å². The Morgan fingerprint density at radius 2 is 1.87 bits per heavy atom. The zero-order valence-corrected chi connectivity index (χ0v) is 18.9. The molecular weight excluding hydrogens is 380 g/mol. The number of hydrogen-bond donors (Lipinski definition) is 0. The number of rotatable bonds is 2. The van der Waals surface area contributed by atoms with Gasteiger partial charge in [-0.15, -0.1) is 0 Å². The molecule has 0 aromatic heterocycles. The molecule has 4 aliphatic carbocycles. The van der Waals surface area contributed by atoms with Gasteiger partial charge in [0.2, 0.25) is 0 Å².